The van der Waals surface area contributed by atoms with Crippen molar-refractivity contribution in [3.05, 3.63) is 35.9 Å². The number of carbonyl (C=O) groups excluding carboxylic acids is 2. The summed E-state index contributed by atoms with van der Waals surface area (Å²) in [4.78, 5) is 28.9. The van der Waals surface area contributed by atoms with Gasteiger partial charge in [-0.3, -0.25) is 4.79 Å². The minimum Gasteiger partial charge on any atom is -0.372 e. The van der Waals surface area contributed by atoms with Crippen LogP contribution in [0.3, 0.4) is 0 Å². The molecule has 2 fully saturated rings. The molecule has 1 aromatic carbocycles. The second-order valence-corrected chi connectivity index (χ2v) is 7.73. The van der Waals surface area contributed by atoms with Crippen molar-refractivity contribution in [2.45, 2.75) is 45.3 Å². The van der Waals surface area contributed by atoms with Gasteiger partial charge in [0.05, 0.1) is 12.2 Å². The van der Waals surface area contributed by atoms with E-state index in [1.807, 2.05) is 41.8 Å². The molecule has 6 nitrogen and oxygen atoms in total. The van der Waals surface area contributed by atoms with Gasteiger partial charge in [0.25, 0.3) is 0 Å². The van der Waals surface area contributed by atoms with Crippen LogP contribution < -0.4 is 5.32 Å². The number of piperidine rings is 1. The van der Waals surface area contributed by atoms with Gasteiger partial charge in [0.15, 0.2) is 0 Å². The highest BCUT2D eigenvalue weighted by atomic mass is 16.5. The highest BCUT2D eigenvalue weighted by Crippen LogP contribution is 2.22. The van der Waals surface area contributed by atoms with E-state index in [-0.39, 0.29) is 30.1 Å². The van der Waals surface area contributed by atoms with Crippen molar-refractivity contribution in [3.63, 3.8) is 0 Å². The largest absolute Gasteiger partial charge is 0.372 e. The number of ether oxygens (including phenoxy) is 1. The van der Waals surface area contributed by atoms with Crippen molar-refractivity contribution >= 4 is 11.9 Å². The molecular formula is C21H31N3O3. The van der Waals surface area contributed by atoms with Gasteiger partial charge in [-0.15, -0.1) is 0 Å². The fraction of sp³-hybridized carbons (Fsp3) is 0.619. The first kappa shape index (κ1) is 19.7. The lowest BCUT2D eigenvalue weighted by molar-refractivity contribution is -0.148. The predicted octanol–water partition coefficient (Wildman–Crippen LogP) is 2.29. The lowest BCUT2D eigenvalue weighted by atomic mass is 9.95. The van der Waals surface area contributed by atoms with Gasteiger partial charge in [-0.1, -0.05) is 30.3 Å². The molecule has 2 aliphatic rings. The van der Waals surface area contributed by atoms with Crippen molar-refractivity contribution < 1.29 is 14.3 Å². The minimum atomic E-state index is -0.0227. The van der Waals surface area contributed by atoms with Crippen LogP contribution in [0.25, 0.3) is 0 Å². The van der Waals surface area contributed by atoms with Crippen LogP contribution in [-0.2, 0) is 16.0 Å². The summed E-state index contributed by atoms with van der Waals surface area (Å²) in [5.74, 6) is 0.247. The van der Waals surface area contributed by atoms with Gasteiger partial charge in [0, 0.05) is 38.6 Å². The Labute approximate surface area is 161 Å². The number of nitrogens with zero attached hydrogens (tertiary/aromatic N) is 2. The van der Waals surface area contributed by atoms with Gasteiger partial charge in [-0.05, 0) is 38.7 Å². The number of urea groups is 1. The van der Waals surface area contributed by atoms with Gasteiger partial charge in [0.2, 0.25) is 5.91 Å². The van der Waals surface area contributed by atoms with E-state index in [1.165, 1.54) is 5.56 Å². The molecule has 27 heavy (non-hydrogen) atoms. The average Bonchev–Trinajstić information content (AvgIpc) is 2.67. The molecule has 0 bridgehead atoms. The van der Waals surface area contributed by atoms with Crippen molar-refractivity contribution in [1.29, 1.82) is 0 Å². The molecule has 0 saturated carbocycles. The summed E-state index contributed by atoms with van der Waals surface area (Å²) in [5, 5.41) is 3.00. The molecule has 0 spiro atoms. The number of morpholine rings is 1. The zero-order valence-corrected chi connectivity index (χ0v) is 16.4. The van der Waals surface area contributed by atoms with Crippen LogP contribution in [0.15, 0.2) is 30.3 Å². The smallest absolute Gasteiger partial charge is 0.317 e. The van der Waals surface area contributed by atoms with Gasteiger partial charge in [0.1, 0.15) is 0 Å². The molecule has 2 atom stereocenters. The summed E-state index contributed by atoms with van der Waals surface area (Å²) in [7, 11) is 0. The molecule has 148 valence electrons. The second-order valence-electron chi connectivity index (χ2n) is 7.73. The topological polar surface area (TPSA) is 61.9 Å². The normalized spacial score (nSPS) is 23.9. The van der Waals surface area contributed by atoms with Crippen molar-refractivity contribution in [2.24, 2.45) is 5.92 Å². The van der Waals surface area contributed by atoms with E-state index >= 15 is 0 Å². The molecule has 6 heteroatoms. The Balaban J connectivity index is 1.40. The number of amides is 3. The number of hydrogen-bond acceptors (Lipinski definition) is 3. The molecule has 2 saturated heterocycles. The molecule has 2 heterocycles. The van der Waals surface area contributed by atoms with Crippen molar-refractivity contribution in [3.8, 4) is 0 Å². The number of likely N-dealkylation sites (tertiary alicyclic amines) is 1. The second kappa shape index (κ2) is 9.22. The summed E-state index contributed by atoms with van der Waals surface area (Å²) >= 11 is 0. The number of nitrogens with one attached hydrogen (secondary N) is 1. The number of hydrogen-bond donors (Lipinski definition) is 1. The number of benzene rings is 1. The van der Waals surface area contributed by atoms with Gasteiger partial charge in [-0.2, -0.15) is 0 Å². The van der Waals surface area contributed by atoms with E-state index in [9.17, 15) is 9.59 Å². The number of carbonyl (C=O) groups is 2. The van der Waals surface area contributed by atoms with Gasteiger partial charge < -0.3 is 19.9 Å². The van der Waals surface area contributed by atoms with Gasteiger partial charge >= 0.3 is 6.03 Å². The van der Waals surface area contributed by atoms with Crippen LogP contribution in [0.2, 0.25) is 0 Å². The zero-order valence-electron chi connectivity index (χ0n) is 16.4. The fourth-order valence-corrected chi connectivity index (χ4v) is 4.02. The Bertz CT molecular complexity index is 619. The van der Waals surface area contributed by atoms with Crippen LogP contribution >= 0.6 is 0 Å². The third-order valence-electron chi connectivity index (χ3n) is 5.40. The average molecular weight is 373 g/mol. The van der Waals surface area contributed by atoms with Crippen molar-refractivity contribution in [1.82, 2.24) is 15.1 Å². The van der Waals surface area contributed by atoms with Crippen LogP contribution in [0.4, 0.5) is 4.79 Å². The van der Waals surface area contributed by atoms with Crippen LogP contribution in [-0.4, -0.2) is 66.7 Å². The fourth-order valence-electron chi connectivity index (χ4n) is 4.02. The summed E-state index contributed by atoms with van der Waals surface area (Å²) in [6.45, 7) is 7.28. The Kier molecular flexibility index (Phi) is 6.72. The molecule has 0 aromatic heterocycles. The number of rotatable bonds is 4. The maximum absolute atomic E-state index is 12.8. The molecule has 1 N–H and O–H groups in total. The lowest BCUT2D eigenvalue weighted by Gasteiger charge is -2.39. The third kappa shape index (κ3) is 5.45. The molecule has 2 unspecified atom stereocenters. The van der Waals surface area contributed by atoms with Gasteiger partial charge in [-0.25, -0.2) is 4.79 Å². The summed E-state index contributed by atoms with van der Waals surface area (Å²) in [6.07, 6.45) is 2.49. The van der Waals surface area contributed by atoms with Crippen molar-refractivity contribution in [2.75, 3.05) is 32.7 Å². The minimum absolute atomic E-state index is 0.0227. The lowest BCUT2D eigenvalue weighted by Crippen LogP contribution is -2.52. The summed E-state index contributed by atoms with van der Waals surface area (Å²) in [6, 6.07) is 10.1. The van der Waals surface area contributed by atoms with E-state index in [0.717, 1.165) is 19.3 Å². The van der Waals surface area contributed by atoms with E-state index in [2.05, 4.69) is 17.4 Å². The predicted molar refractivity (Wildman–Crippen MR) is 104 cm³/mol. The van der Waals surface area contributed by atoms with Crippen LogP contribution in [0, 0.1) is 5.92 Å². The molecule has 0 radical (unpaired) electrons. The van der Waals surface area contributed by atoms with E-state index in [0.29, 0.717) is 32.7 Å². The third-order valence-corrected chi connectivity index (χ3v) is 5.40. The van der Waals surface area contributed by atoms with E-state index < -0.39 is 0 Å². The molecular weight excluding hydrogens is 342 g/mol. The molecule has 1 aromatic rings. The zero-order chi connectivity index (χ0) is 19.2. The quantitative estimate of drug-likeness (QED) is 0.881. The summed E-state index contributed by atoms with van der Waals surface area (Å²) < 4.78 is 5.72. The van der Waals surface area contributed by atoms with Crippen LogP contribution in [0.1, 0.15) is 32.3 Å². The first-order chi connectivity index (χ1) is 13.0. The standard InChI is InChI=1S/C21H31N3O3/c1-16-14-24(15-17(2)27-16)20(25)19-9-12-23(13-10-19)21(26)22-11-8-18-6-4-3-5-7-18/h3-7,16-17,19H,8-15H2,1-2H3,(H,22,26). The summed E-state index contributed by atoms with van der Waals surface area (Å²) in [5.41, 5.74) is 1.22. The molecule has 2 aliphatic heterocycles. The highest BCUT2D eigenvalue weighted by molar-refractivity contribution is 5.80. The maximum atomic E-state index is 12.8. The first-order valence-corrected chi connectivity index (χ1v) is 10.0. The monoisotopic (exact) mass is 373 g/mol. The first-order valence-electron chi connectivity index (χ1n) is 10.0. The Hall–Kier alpha value is -2.08. The highest BCUT2D eigenvalue weighted by Gasteiger charge is 2.33. The molecule has 3 rings (SSSR count). The Morgan fingerprint density at radius 2 is 1.67 bits per heavy atom. The Morgan fingerprint density at radius 1 is 1.04 bits per heavy atom. The van der Waals surface area contributed by atoms with Crippen LogP contribution in [0.5, 0.6) is 0 Å². The molecule has 0 aliphatic carbocycles. The SMILES string of the molecule is CC1CN(C(=O)C2CCN(C(=O)NCCc3ccccc3)CC2)CC(C)O1. The molecule has 3 amide bonds. The van der Waals surface area contributed by atoms with E-state index in [1.54, 1.807) is 0 Å². The maximum Gasteiger partial charge on any atom is 0.317 e. The van der Waals surface area contributed by atoms with E-state index in [4.69, 9.17) is 4.74 Å². The Morgan fingerprint density at radius 3 is 2.30 bits per heavy atom.